The summed E-state index contributed by atoms with van der Waals surface area (Å²) in [5.74, 6) is 0. The molecule has 0 aromatic carbocycles. The van der Waals surface area contributed by atoms with Gasteiger partial charge in [0.1, 0.15) is 0 Å². The Kier molecular flexibility index (Phi) is 4.17. The van der Waals surface area contributed by atoms with E-state index >= 15 is 0 Å². The third-order valence-corrected chi connectivity index (χ3v) is 4.45. The van der Waals surface area contributed by atoms with E-state index in [1.165, 1.54) is 28.5 Å². The van der Waals surface area contributed by atoms with Crippen LogP contribution in [0.1, 0.15) is 41.9 Å². The van der Waals surface area contributed by atoms with Crippen molar-refractivity contribution in [3.8, 4) is 0 Å². The molecule has 1 aliphatic rings. The first-order valence-electron chi connectivity index (χ1n) is 6.53. The maximum absolute atomic E-state index is 4.71. The molecule has 0 spiro atoms. The quantitative estimate of drug-likeness (QED) is 0.874. The molecule has 1 aliphatic heterocycles. The van der Waals surface area contributed by atoms with Crippen LogP contribution < -0.4 is 5.32 Å². The number of hydrogen-bond acceptors (Lipinski definition) is 4. The minimum absolute atomic E-state index is 0.451. The van der Waals surface area contributed by atoms with Crippen molar-refractivity contribution in [2.24, 2.45) is 0 Å². The average Bonchev–Trinajstić information content (AvgIpc) is 2.53. The third-order valence-electron chi connectivity index (χ3n) is 3.54. The van der Waals surface area contributed by atoms with Crippen molar-refractivity contribution in [1.82, 2.24) is 15.2 Å². The third kappa shape index (κ3) is 2.69. The van der Waals surface area contributed by atoms with Crippen molar-refractivity contribution in [2.75, 3.05) is 19.6 Å². The molecule has 1 aromatic heterocycles. The Hall–Kier alpha value is -0.450. The summed E-state index contributed by atoms with van der Waals surface area (Å²) in [4.78, 5) is 8.70. The summed E-state index contributed by atoms with van der Waals surface area (Å²) in [5.41, 5.74) is 1.29. The molecular weight excluding hydrogens is 230 g/mol. The lowest BCUT2D eigenvalue weighted by Gasteiger charge is -2.41. The Bertz CT molecular complexity index is 371. The van der Waals surface area contributed by atoms with Gasteiger partial charge < -0.3 is 5.32 Å². The van der Waals surface area contributed by atoms with E-state index in [9.17, 15) is 0 Å². The zero-order valence-electron chi connectivity index (χ0n) is 11.3. The van der Waals surface area contributed by atoms with Gasteiger partial charge >= 0.3 is 0 Å². The lowest BCUT2D eigenvalue weighted by molar-refractivity contribution is 0.101. The van der Waals surface area contributed by atoms with Crippen molar-refractivity contribution in [1.29, 1.82) is 0 Å². The van der Waals surface area contributed by atoms with Crippen LogP contribution in [-0.4, -0.2) is 35.6 Å². The molecule has 0 saturated carbocycles. The highest BCUT2D eigenvalue weighted by molar-refractivity contribution is 7.11. The summed E-state index contributed by atoms with van der Waals surface area (Å²) >= 11 is 1.82. The number of rotatable bonds is 5. The molecule has 0 aliphatic carbocycles. The van der Waals surface area contributed by atoms with Gasteiger partial charge in [-0.25, -0.2) is 4.98 Å². The van der Waals surface area contributed by atoms with E-state index in [0.717, 1.165) is 13.1 Å². The highest BCUT2D eigenvalue weighted by Gasteiger charge is 2.30. The number of nitrogens with zero attached hydrogens (tertiary/aromatic N) is 2. The fraction of sp³-hybridized carbons (Fsp3) is 0.769. The van der Waals surface area contributed by atoms with Crippen LogP contribution in [0.15, 0.2) is 0 Å². The molecule has 3 nitrogen and oxygen atoms in total. The molecule has 1 N–H and O–H groups in total. The van der Waals surface area contributed by atoms with E-state index in [2.05, 4.69) is 37.9 Å². The Labute approximate surface area is 108 Å². The van der Waals surface area contributed by atoms with E-state index in [1.807, 2.05) is 11.3 Å². The highest BCUT2D eigenvalue weighted by atomic mass is 32.1. The van der Waals surface area contributed by atoms with E-state index in [4.69, 9.17) is 4.98 Å². The summed E-state index contributed by atoms with van der Waals surface area (Å²) in [6.07, 6.45) is 1.21. The Morgan fingerprint density at radius 3 is 2.59 bits per heavy atom. The lowest BCUT2D eigenvalue weighted by Crippen LogP contribution is -2.57. The summed E-state index contributed by atoms with van der Waals surface area (Å²) in [6, 6.07) is 1.15. The molecule has 2 heterocycles. The molecule has 0 amide bonds. The predicted octanol–water partition coefficient (Wildman–Crippen LogP) is 2.50. The van der Waals surface area contributed by atoms with Crippen molar-refractivity contribution in [3.63, 3.8) is 0 Å². The van der Waals surface area contributed by atoms with Gasteiger partial charge in [0.2, 0.25) is 0 Å². The SMILES string of the molecule is CCCN(C1CNC1)C(C)c1nc(C)sc1C. The minimum Gasteiger partial charge on any atom is -0.314 e. The van der Waals surface area contributed by atoms with Gasteiger partial charge in [0.25, 0.3) is 0 Å². The normalized spacial score (nSPS) is 18.4. The summed E-state index contributed by atoms with van der Waals surface area (Å²) in [5, 5.41) is 4.55. The van der Waals surface area contributed by atoms with Gasteiger partial charge in [-0.3, -0.25) is 4.90 Å². The Morgan fingerprint density at radius 1 is 1.47 bits per heavy atom. The van der Waals surface area contributed by atoms with Crippen LogP contribution in [0.25, 0.3) is 0 Å². The van der Waals surface area contributed by atoms with Gasteiger partial charge in [-0.15, -0.1) is 11.3 Å². The molecule has 1 aromatic rings. The molecule has 1 fully saturated rings. The van der Waals surface area contributed by atoms with Gasteiger partial charge in [0.15, 0.2) is 0 Å². The number of hydrogen-bond donors (Lipinski definition) is 1. The van der Waals surface area contributed by atoms with Crippen LogP contribution in [0.5, 0.6) is 0 Å². The maximum atomic E-state index is 4.71. The summed E-state index contributed by atoms with van der Waals surface area (Å²) in [7, 11) is 0. The lowest BCUT2D eigenvalue weighted by atomic mass is 10.1. The first-order valence-corrected chi connectivity index (χ1v) is 7.35. The second-order valence-corrected chi connectivity index (χ2v) is 6.31. The minimum atomic E-state index is 0.451. The number of thiazole rings is 1. The second-order valence-electron chi connectivity index (χ2n) is 4.90. The molecule has 1 saturated heterocycles. The van der Waals surface area contributed by atoms with Gasteiger partial charge in [-0.05, 0) is 33.7 Å². The fourth-order valence-corrected chi connectivity index (χ4v) is 3.46. The van der Waals surface area contributed by atoms with Crippen LogP contribution in [0.3, 0.4) is 0 Å². The van der Waals surface area contributed by atoms with E-state index in [0.29, 0.717) is 12.1 Å². The highest BCUT2D eigenvalue weighted by Crippen LogP contribution is 2.29. The van der Waals surface area contributed by atoms with Crippen LogP contribution in [0, 0.1) is 13.8 Å². The molecule has 96 valence electrons. The van der Waals surface area contributed by atoms with Crippen molar-refractivity contribution in [3.05, 3.63) is 15.6 Å². The first kappa shape index (κ1) is 13.0. The molecule has 0 bridgehead atoms. The number of nitrogens with one attached hydrogen (secondary N) is 1. The summed E-state index contributed by atoms with van der Waals surface area (Å²) < 4.78 is 0. The summed E-state index contributed by atoms with van der Waals surface area (Å²) in [6.45, 7) is 12.3. The largest absolute Gasteiger partial charge is 0.314 e. The Morgan fingerprint density at radius 2 is 2.18 bits per heavy atom. The first-order chi connectivity index (χ1) is 8.13. The van der Waals surface area contributed by atoms with Crippen LogP contribution >= 0.6 is 11.3 Å². The van der Waals surface area contributed by atoms with Crippen LogP contribution in [0.2, 0.25) is 0 Å². The smallest absolute Gasteiger partial charge is 0.0900 e. The van der Waals surface area contributed by atoms with E-state index < -0.39 is 0 Å². The predicted molar refractivity (Wildman–Crippen MR) is 73.7 cm³/mol. The second kappa shape index (κ2) is 5.46. The van der Waals surface area contributed by atoms with Gasteiger partial charge in [0.05, 0.1) is 16.7 Å². The molecule has 1 unspecified atom stereocenters. The van der Waals surface area contributed by atoms with Crippen molar-refractivity contribution in [2.45, 2.75) is 46.2 Å². The monoisotopic (exact) mass is 253 g/mol. The zero-order valence-corrected chi connectivity index (χ0v) is 12.1. The number of aromatic nitrogens is 1. The molecule has 2 rings (SSSR count). The molecule has 4 heteroatoms. The maximum Gasteiger partial charge on any atom is 0.0900 e. The van der Waals surface area contributed by atoms with Crippen molar-refractivity contribution >= 4 is 11.3 Å². The van der Waals surface area contributed by atoms with Gasteiger partial charge in [0, 0.05) is 24.0 Å². The topological polar surface area (TPSA) is 28.2 Å². The van der Waals surface area contributed by atoms with E-state index in [-0.39, 0.29) is 0 Å². The molecule has 17 heavy (non-hydrogen) atoms. The molecule has 0 radical (unpaired) electrons. The zero-order chi connectivity index (χ0) is 12.4. The average molecular weight is 253 g/mol. The van der Waals surface area contributed by atoms with Crippen molar-refractivity contribution < 1.29 is 0 Å². The fourth-order valence-electron chi connectivity index (χ4n) is 2.55. The van der Waals surface area contributed by atoms with Gasteiger partial charge in [-0.2, -0.15) is 0 Å². The molecular formula is C13H23N3S. The van der Waals surface area contributed by atoms with Gasteiger partial charge in [-0.1, -0.05) is 6.92 Å². The van der Waals surface area contributed by atoms with E-state index in [1.54, 1.807) is 0 Å². The standard InChI is InChI=1S/C13H23N3S/c1-5-6-16(12-7-14-8-12)9(2)13-10(3)17-11(4)15-13/h9,12,14H,5-8H2,1-4H3. The van der Waals surface area contributed by atoms with Crippen LogP contribution in [0.4, 0.5) is 0 Å². The number of aryl methyl sites for hydroxylation is 2. The van der Waals surface area contributed by atoms with Crippen LogP contribution in [-0.2, 0) is 0 Å². The Balaban J connectivity index is 2.14. The molecule has 1 atom stereocenters.